The molecule has 1 aromatic rings. The molecule has 1 heterocycles. The number of terminal acetylenes is 1. The van der Waals surface area contributed by atoms with Crippen LogP contribution in [0.3, 0.4) is 0 Å². The molecule has 1 aliphatic rings. The minimum Gasteiger partial charge on any atom is -0.493 e. The minimum atomic E-state index is -0.373. The van der Waals surface area contributed by atoms with Gasteiger partial charge in [-0.2, -0.15) is 0 Å². The highest BCUT2D eigenvalue weighted by Gasteiger charge is 2.34. The fraction of sp³-hybridized carbons (Fsp3) is 0.333. The van der Waals surface area contributed by atoms with Crippen LogP contribution in [0.15, 0.2) is 17.0 Å². The molecular formula is C18H18INO4S. The standard InChI is InChI=1S/C18H18INO4S/c1-5-7-20-17(21)15(25-18(20)22)10-12-8-13(19)16(14(9-12)23-4)24-11(3)6-2/h1,8-11H,6-7H2,2-4H3/b15-10+/t11-/m1/s1. The zero-order valence-electron chi connectivity index (χ0n) is 14.2. The van der Waals surface area contributed by atoms with Gasteiger partial charge >= 0.3 is 0 Å². The molecule has 1 atom stereocenters. The van der Waals surface area contributed by atoms with Crippen molar-refractivity contribution < 1.29 is 19.1 Å². The first kappa shape index (κ1) is 19.7. The van der Waals surface area contributed by atoms with Crippen LogP contribution in [0.25, 0.3) is 6.08 Å². The van der Waals surface area contributed by atoms with Crippen LogP contribution in [0.2, 0.25) is 0 Å². The smallest absolute Gasteiger partial charge is 0.294 e. The third-order valence-corrected chi connectivity index (χ3v) is 5.28. The first-order valence-electron chi connectivity index (χ1n) is 7.64. The van der Waals surface area contributed by atoms with Gasteiger partial charge in [0.15, 0.2) is 11.5 Å². The van der Waals surface area contributed by atoms with Crippen molar-refractivity contribution in [3.8, 4) is 23.8 Å². The average Bonchev–Trinajstić information content (AvgIpc) is 2.84. The maximum absolute atomic E-state index is 12.3. The van der Waals surface area contributed by atoms with E-state index < -0.39 is 0 Å². The number of thioether (sulfide) groups is 1. The van der Waals surface area contributed by atoms with E-state index in [1.807, 2.05) is 19.9 Å². The number of carbonyl (C=O) groups excluding carboxylic acids is 2. The van der Waals surface area contributed by atoms with E-state index in [4.69, 9.17) is 15.9 Å². The van der Waals surface area contributed by atoms with Crippen molar-refractivity contribution in [1.29, 1.82) is 0 Å². The van der Waals surface area contributed by atoms with Crippen molar-refractivity contribution in [2.45, 2.75) is 26.4 Å². The Kier molecular flexibility index (Phi) is 6.79. The molecule has 2 amide bonds. The molecule has 0 bridgehead atoms. The molecule has 1 aromatic carbocycles. The van der Waals surface area contributed by atoms with Crippen LogP contribution in [0.4, 0.5) is 4.79 Å². The maximum Gasteiger partial charge on any atom is 0.294 e. The number of benzene rings is 1. The van der Waals surface area contributed by atoms with E-state index in [2.05, 4.69) is 28.5 Å². The zero-order valence-corrected chi connectivity index (χ0v) is 17.1. The Morgan fingerprint density at radius 2 is 2.16 bits per heavy atom. The Hall–Kier alpha value is -1.66. The first-order valence-corrected chi connectivity index (χ1v) is 9.53. The van der Waals surface area contributed by atoms with Gasteiger partial charge in [-0.15, -0.1) is 6.42 Å². The summed E-state index contributed by atoms with van der Waals surface area (Å²) in [6, 6.07) is 3.67. The molecule has 5 nitrogen and oxygen atoms in total. The lowest BCUT2D eigenvalue weighted by atomic mass is 10.1. The van der Waals surface area contributed by atoms with Crippen LogP contribution < -0.4 is 9.47 Å². The number of nitrogens with zero attached hydrogens (tertiary/aromatic N) is 1. The summed E-state index contributed by atoms with van der Waals surface area (Å²) >= 11 is 3.05. The molecule has 0 spiro atoms. The second-order valence-electron chi connectivity index (χ2n) is 5.34. The molecule has 1 saturated heterocycles. The van der Waals surface area contributed by atoms with E-state index in [0.29, 0.717) is 16.4 Å². The van der Waals surface area contributed by atoms with E-state index >= 15 is 0 Å². The monoisotopic (exact) mass is 471 g/mol. The van der Waals surface area contributed by atoms with Gasteiger partial charge in [0, 0.05) is 0 Å². The molecule has 132 valence electrons. The van der Waals surface area contributed by atoms with Crippen LogP contribution in [-0.2, 0) is 4.79 Å². The Balaban J connectivity index is 2.35. The summed E-state index contributed by atoms with van der Waals surface area (Å²) in [5.41, 5.74) is 0.754. The summed E-state index contributed by atoms with van der Waals surface area (Å²) in [7, 11) is 1.57. The topological polar surface area (TPSA) is 55.8 Å². The molecule has 7 heteroatoms. The predicted molar refractivity (Wildman–Crippen MR) is 108 cm³/mol. The third-order valence-electron chi connectivity index (χ3n) is 3.57. The summed E-state index contributed by atoms with van der Waals surface area (Å²) < 4.78 is 12.2. The average molecular weight is 471 g/mol. The molecule has 1 fully saturated rings. The van der Waals surface area contributed by atoms with Gasteiger partial charge in [0.2, 0.25) is 0 Å². The van der Waals surface area contributed by atoms with Crippen LogP contribution in [-0.4, -0.2) is 35.8 Å². The van der Waals surface area contributed by atoms with Gasteiger partial charge in [-0.25, -0.2) is 0 Å². The lowest BCUT2D eigenvalue weighted by Crippen LogP contribution is -2.28. The first-order chi connectivity index (χ1) is 11.9. The largest absolute Gasteiger partial charge is 0.493 e. The molecular weight excluding hydrogens is 453 g/mol. The number of imide groups is 1. The van der Waals surface area contributed by atoms with Crippen LogP contribution >= 0.6 is 34.4 Å². The zero-order chi connectivity index (χ0) is 18.6. The predicted octanol–water partition coefficient (Wildman–Crippen LogP) is 4.15. The second-order valence-corrected chi connectivity index (χ2v) is 7.50. The molecule has 25 heavy (non-hydrogen) atoms. The van der Waals surface area contributed by atoms with Crippen LogP contribution in [0, 0.1) is 15.9 Å². The molecule has 1 aliphatic heterocycles. The summed E-state index contributed by atoms with van der Waals surface area (Å²) in [6.45, 7) is 4.01. The summed E-state index contributed by atoms with van der Waals surface area (Å²) in [4.78, 5) is 25.5. The molecule has 0 saturated carbocycles. The van der Waals surface area contributed by atoms with Gasteiger partial charge in [0.05, 0.1) is 28.2 Å². The number of rotatable bonds is 6. The van der Waals surface area contributed by atoms with Gasteiger partial charge in [-0.1, -0.05) is 12.8 Å². The number of hydrogen-bond donors (Lipinski definition) is 0. The number of ether oxygens (including phenoxy) is 2. The number of hydrogen-bond acceptors (Lipinski definition) is 5. The van der Waals surface area contributed by atoms with E-state index in [-0.39, 0.29) is 23.8 Å². The number of halogens is 1. The fourth-order valence-electron chi connectivity index (χ4n) is 2.10. The van der Waals surface area contributed by atoms with E-state index in [1.54, 1.807) is 19.3 Å². The SMILES string of the molecule is C#CCN1C(=O)S/C(=C/c2cc(I)c(O[C@H](C)CC)c(OC)c2)C1=O. The summed E-state index contributed by atoms with van der Waals surface area (Å²) in [5, 5.41) is -0.354. The van der Waals surface area contributed by atoms with Gasteiger partial charge in [-0.05, 0) is 71.5 Å². The van der Waals surface area contributed by atoms with Crippen molar-refractivity contribution in [3.63, 3.8) is 0 Å². The summed E-state index contributed by atoms with van der Waals surface area (Å²) in [6.07, 6.45) is 7.81. The van der Waals surface area contributed by atoms with Gasteiger partial charge in [-0.3, -0.25) is 14.5 Å². The number of methoxy groups -OCH3 is 1. The number of amides is 2. The van der Waals surface area contributed by atoms with Gasteiger partial charge in [0.25, 0.3) is 11.1 Å². The van der Waals surface area contributed by atoms with Crippen molar-refractivity contribution in [1.82, 2.24) is 4.90 Å². The lowest BCUT2D eigenvalue weighted by molar-refractivity contribution is -0.122. The van der Waals surface area contributed by atoms with E-state index in [0.717, 1.165) is 32.2 Å². The highest BCUT2D eigenvalue weighted by atomic mass is 127. The van der Waals surface area contributed by atoms with Crippen molar-refractivity contribution in [2.24, 2.45) is 0 Å². The molecule has 0 aromatic heterocycles. The lowest BCUT2D eigenvalue weighted by Gasteiger charge is -2.17. The van der Waals surface area contributed by atoms with Crippen molar-refractivity contribution in [2.75, 3.05) is 13.7 Å². The Morgan fingerprint density at radius 3 is 2.76 bits per heavy atom. The minimum absolute atomic E-state index is 0.0233. The molecule has 0 N–H and O–H groups in total. The fourth-order valence-corrected chi connectivity index (χ4v) is 3.69. The summed E-state index contributed by atoms with van der Waals surface area (Å²) in [5.74, 6) is 3.21. The molecule has 0 radical (unpaired) electrons. The van der Waals surface area contributed by atoms with Gasteiger partial charge < -0.3 is 9.47 Å². The van der Waals surface area contributed by atoms with E-state index in [1.165, 1.54) is 0 Å². The molecule has 2 rings (SSSR count). The Bertz CT molecular complexity index is 769. The molecule has 0 aliphatic carbocycles. The Morgan fingerprint density at radius 1 is 1.44 bits per heavy atom. The quantitative estimate of drug-likeness (QED) is 0.355. The van der Waals surface area contributed by atoms with Crippen molar-refractivity contribution in [3.05, 3.63) is 26.2 Å². The molecule has 0 unspecified atom stereocenters. The second kappa shape index (κ2) is 8.63. The van der Waals surface area contributed by atoms with E-state index in [9.17, 15) is 9.59 Å². The highest BCUT2D eigenvalue weighted by molar-refractivity contribution is 14.1. The normalized spacial score (nSPS) is 16.9. The number of carbonyl (C=O) groups is 2. The van der Waals surface area contributed by atoms with Gasteiger partial charge in [0.1, 0.15) is 0 Å². The Labute approximate surface area is 165 Å². The van der Waals surface area contributed by atoms with Crippen molar-refractivity contribution >= 4 is 51.6 Å². The highest BCUT2D eigenvalue weighted by Crippen LogP contribution is 2.37. The maximum atomic E-state index is 12.3. The van der Waals surface area contributed by atoms with Crippen LogP contribution in [0.5, 0.6) is 11.5 Å². The third kappa shape index (κ3) is 4.50. The van der Waals surface area contributed by atoms with Crippen LogP contribution in [0.1, 0.15) is 25.8 Å².